The second-order valence-corrected chi connectivity index (χ2v) is 10.9. The fraction of sp³-hybridized carbons (Fsp3) is 0.577. The number of aryl methyl sites for hydroxylation is 1. The number of benzene rings is 1. The van der Waals surface area contributed by atoms with E-state index in [1.165, 1.54) is 7.11 Å². The lowest BCUT2D eigenvalue weighted by atomic mass is 10.0. The number of carboxylic acids is 2. The molecular weight excluding hydrogens is 562 g/mol. The molecule has 2 aliphatic rings. The van der Waals surface area contributed by atoms with E-state index in [0.717, 1.165) is 37.1 Å². The number of halogens is 1. The minimum Gasteiger partial charge on any atom is -0.481 e. The summed E-state index contributed by atoms with van der Waals surface area (Å²) in [6.07, 6.45) is 1.12. The third kappa shape index (κ3) is 8.67. The number of thiocarbonyl (C=S) groups is 1. The summed E-state index contributed by atoms with van der Waals surface area (Å²) in [5.74, 6) is -2.74. The molecule has 0 spiro atoms. The van der Waals surface area contributed by atoms with Crippen LogP contribution >= 0.6 is 23.8 Å². The molecule has 4 N–H and O–H groups in total. The molecule has 40 heavy (non-hydrogen) atoms. The number of hydrogen-bond acceptors (Lipinski definition) is 7. The summed E-state index contributed by atoms with van der Waals surface area (Å²) < 4.78 is 5.04. The van der Waals surface area contributed by atoms with Gasteiger partial charge in [-0.05, 0) is 62.3 Å². The molecule has 1 aromatic rings. The minimum atomic E-state index is -1.42. The van der Waals surface area contributed by atoms with Crippen LogP contribution in [0, 0.1) is 6.92 Å². The maximum absolute atomic E-state index is 13.7. The summed E-state index contributed by atoms with van der Waals surface area (Å²) in [5.41, 5.74) is 1.71. The predicted molar refractivity (Wildman–Crippen MR) is 151 cm³/mol. The van der Waals surface area contributed by atoms with Crippen LogP contribution in [0.3, 0.4) is 0 Å². The lowest BCUT2D eigenvalue weighted by Crippen LogP contribution is -2.66. The van der Waals surface area contributed by atoms with Gasteiger partial charge in [0.15, 0.2) is 5.11 Å². The number of methoxy groups -OCH3 is 1. The van der Waals surface area contributed by atoms with Crippen LogP contribution in [-0.4, -0.2) is 118 Å². The second-order valence-electron chi connectivity index (χ2n) is 10.1. The van der Waals surface area contributed by atoms with Gasteiger partial charge in [0.1, 0.15) is 6.04 Å². The molecule has 2 saturated heterocycles. The van der Waals surface area contributed by atoms with Crippen molar-refractivity contribution in [1.82, 2.24) is 25.3 Å². The molecule has 0 radical (unpaired) electrons. The number of likely N-dealkylation sites (tertiary alicyclic amines) is 1. The Morgan fingerprint density at radius 1 is 1.12 bits per heavy atom. The molecule has 2 fully saturated rings. The predicted octanol–water partition coefficient (Wildman–Crippen LogP) is 1.33. The van der Waals surface area contributed by atoms with Gasteiger partial charge in [0, 0.05) is 31.2 Å². The number of piperazine rings is 1. The molecule has 3 atom stereocenters. The van der Waals surface area contributed by atoms with Gasteiger partial charge in [-0.2, -0.15) is 0 Å². The maximum atomic E-state index is 13.7. The van der Waals surface area contributed by atoms with Gasteiger partial charge in [0.2, 0.25) is 5.91 Å². The van der Waals surface area contributed by atoms with Gasteiger partial charge < -0.3 is 35.4 Å². The minimum absolute atomic E-state index is 0.0767. The summed E-state index contributed by atoms with van der Waals surface area (Å²) in [4.78, 5) is 54.5. The topological polar surface area (TPSA) is 152 Å². The molecule has 0 bridgehead atoms. The molecule has 2 amide bonds. The number of carboxylic acid groups (broad SMARTS) is 2. The third-order valence-electron chi connectivity index (χ3n) is 7.15. The van der Waals surface area contributed by atoms with E-state index in [2.05, 4.69) is 15.5 Å². The molecule has 12 nitrogen and oxygen atoms in total. The Hall–Kier alpha value is -3.16. The monoisotopic (exact) mass is 597 g/mol. The van der Waals surface area contributed by atoms with Gasteiger partial charge in [-0.25, -0.2) is 9.59 Å². The Bertz CT molecular complexity index is 1120. The van der Waals surface area contributed by atoms with E-state index in [9.17, 15) is 24.3 Å². The first kappa shape index (κ1) is 31.4. The van der Waals surface area contributed by atoms with Crippen molar-refractivity contribution in [2.24, 2.45) is 0 Å². The molecule has 2 heterocycles. The molecule has 2 aliphatic heterocycles. The number of amides is 2. The standard InChI is InChI=1S/C26H36ClN5O7S/c1-16-9-17(5-6-20(16)27)10-22(33)31-14-18(12-28-25(40)29-21(24(36)37)11-23(34)35)32(26(38)39-2)15-19(31)13-30-7-3-4-8-30/h5-6,9,18-19,21H,3-4,7-8,10-15H2,1-2H3,(H,34,35)(H,36,37)(H2,28,29,40)/t18-,19-,21+/m1/s1. The van der Waals surface area contributed by atoms with Crippen molar-refractivity contribution in [3.63, 3.8) is 0 Å². The van der Waals surface area contributed by atoms with Gasteiger partial charge in [-0.15, -0.1) is 0 Å². The third-order valence-corrected chi connectivity index (χ3v) is 7.84. The number of ether oxygens (including phenoxy) is 1. The van der Waals surface area contributed by atoms with Crippen LogP contribution in [0.1, 0.15) is 30.4 Å². The largest absolute Gasteiger partial charge is 0.481 e. The first-order valence-corrected chi connectivity index (χ1v) is 13.9. The van der Waals surface area contributed by atoms with Gasteiger partial charge in [0.05, 0.1) is 32.0 Å². The molecular formula is C26H36ClN5O7S. The average Bonchev–Trinajstić information content (AvgIpc) is 3.41. The summed E-state index contributed by atoms with van der Waals surface area (Å²) >= 11 is 11.4. The van der Waals surface area contributed by atoms with Crippen LogP contribution in [0.15, 0.2) is 18.2 Å². The van der Waals surface area contributed by atoms with Crippen molar-refractivity contribution in [3.8, 4) is 0 Å². The first-order valence-electron chi connectivity index (χ1n) is 13.1. The van der Waals surface area contributed by atoms with Gasteiger partial charge in [-0.1, -0.05) is 23.7 Å². The Balaban J connectivity index is 1.77. The van der Waals surface area contributed by atoms with Crippen molar-refractivity contribution >= 4 is 52.9 Å². The van der Waals surface area contributed by atoms with E-state index in [1.807, 2.05) is 19.1 Å². The normalized spacial score (nSPS) is 20.1. The number of hydrogen-bond donors (Lipinski definition) is 4. The zero-order valence-corrected chi connectivity index (χ0v) is 24.2. The van der Waals surface area contributed by atoms with Crippen molar-refractivity contribution in [1.29, 1.82) is 0 Å². The maximum Gasteiger partial charge on any atom is 0.409 e. The Morgan fingerprint density at radius 2 is 1.80 bits per heavy atom. The van der Waals surface area contributed by atoms with Crippen LogP contribution in [-0.2, 0) is 25.5 Å². The first-order chi connectivity index (χ1) is 19.0. The lowest BCUT2D eigenvalue weighted by molar-refractivity contribution is -0.145. The van der Waals surface area contributed by atoms with Crippen LogP contribution in [0.5, 0.6) is 0 Å². The van der Waals surface area contributed by atoms with Gasteiger partial charge in [-0.3, -0.25) is 14.5 Å². The van der Waals surface area contributed by atoms with Crippen LogP contribution < -0.4 is 10.6 Å². The number of carbonyl (C=O) groups excluding carboxylic acids is 2. The zero-order valence-electron chi connectivity index (χ0n) is 22.6. The molecule has 0 saturated carbocycles. The van der Waals surface area contributed by atoms with Crippen molar-refractivity contribution in [2.45, 2.75) is 50.7 Å². The summed E-state index contributed by atoms with van der Waals surface area (Å²) in [5, 5.41) is 24.2. The smallest absolute Gasteiger partial charge is 0.409 e. The Labute approximate surface area is 243 Å². The van der Waals surface area contributed by atoms with Crippen molar-refractivity contribution in [2.75, 3.05) is 46.4 Å². The number of nitrogens with one attached hydrogen (secondary N) is 2. The highest BCUT2D eigenvalue weighted by Crippen LogP contribution is 2.22. The highest BCUT2D eigenvalue weighted by molar-refractivity contribution is 7.80. The number of carbonyl (C=O) groups is 4. The van der Waals surface area contributed by atoms with E-state index < -0.39 is 36.5 Å². The quantitative estimate of drug-likeness (QED) is 0.289. The fourth-order valence-corrected chi connectivity index (χ4v) is 5.42. The van der Waals surface area contributed by atoms with Crippen molar-refractivity contribution < 1.29 is 34.1 Å². The number of aliphatic carboxylic acids is 2. The van der Waals surface area contributed by atoms with Gasteiger partial charge >= 0.3 is 18.0 Å². The van der Waals surface area contributed by atoms with Crippen molar-refractivity contribution in [3.05, 3.63) is 34.3 Å². The summed E-state index contributed by atoms with van der Waals surface area (Å²) in [6.45, 7) is 4.89. The molecule has 14 heteroatoms. The number of nitrogens with zero attached hydrogens (tertiary/aromatic N) is 3. The number of rotatable bonds is 10. The van der Waals surface area contributed by atoms with Crippen LogP contribution in [0.4, 0.5) is 4.79 Å². The van der Waals surface area contributed by atoms with Gasteiger partial charge in [0.25, 0.3) is 0 Å². The summed E-state index contributed by atoms with van der Waals surface area (Å²) in [6, 6.07) is 3.26. The lowest BCUT2D eigenvalue weighted by Gasteiger charge is -2.46. The Kier molecular flexibility index (Phi) is 11.3. The van der Waals surface area contributed by atoms with Crippen LogP contribution in [0.2, 0.25) is 5.02 Å². The Morgan fingerprint density at radius 3 is 2.40 bits per heavy atom. The van der Waals surface area contributed by atoms with E-state index in [4.69, 9.17) is 33.7 Å². The molecule has 0 aromatic heterocycles. The zero-order chi connectivity index (χ0) is 29.4. The molecule has 0 aliphatic carbocycles. The van der Waals surface area contributed by atoms with Crippen LogP contribution in [0.25, 0.3) is 0 Å². The van der Waals surface area contributed by atoms with E-state index in [0.29, 0.717) is 11.6 Å². The van der Waals surface area contributed by atoms with E-state index >= 15 is 0 Å². The second kappa shape index (κ2) is 14.5. The average molecular weight is 598 g/mol. The molecule has 1 aromatic carbocycles. The van der Waals surface area contributed by atoms with E-state index in [-0.39, 0.29) is 43.1 Å². The SMILES string of the molecule is COC(=O)N1C[C@@H](CN2CCCC2)N(C(=O)Cc2ccc(Cl)c(C)c2)C[C@H]1CNC(=S)N[C@@H](CC(=O)O)C(=O)O. The summed E-state index contributed by atoms with van der Waals surface area (Å²) in [7, 11) is 1.29. The molecule has 220 valence electrons. The fourth-order valence-electron chi connectivity index (χ4n) is 5.08. The molecule has 3 rings (SSSR count). The molecule has 0 unspecified atom stereocenters. The highest BCUT2D eigenvalue weighted by Gasteiger charge is 2.40. The highest BCUT2D eigenvalue weighted by atomic mass is 35.5. The van der Waals surface area contributed by atoms with E-state index in [1.54, 1.807) is 15.9 Å².